The molecule has 0 aliphatic rings. The maximum absolute atomic E-state index is 12.6. The normalized spacial score (nSPS) is 12.3. The van der Waals surface area contributed by atoms with Gasteiger partial charge >= 0.3 is 0 Å². The number of aromatic nitrogens is 2. The maximum Gasteiger partial charge on any atom is 0.255 e. The van der Waals surface area contributed by atoms with E-state index in [1.54, 1.807) is 24.2 Å². The summed E-state index contributed by atoms with van der Waals surface area (Å²) in [6.07, 6.45) is 3.62. The van der Waals surface area contributed by atoms with E-state index in [4.69, 9.17) is 0 Å². The third-order valence-electron chi connectivity index (χ3n) is 4.09. The van der Waals surface area contributed by atoms with Crippen LogP contribution in [0.5, 0.6) is 0 Å². The number of pyridine rings is 1. The van der Waals surface area contributed by atoms with E-state index in [9.17, 15) is 9.90 Å². The molecule has 2 aromatic heterocycles. The Kier molecular flexibility index (Phi) is 4.62. The van der Waals surface area contributed by atoms with Crippen molar-refractivity contribution in [2.75, 3.05) is 13.6 Å². The fourth-order valence-electron chi connectivity index (χ4n) is 2.72. The largest absolute Gasteiger partial charge is 0.388 e. The highest BCUT2D eigenvalue weighted by Gasteiger charge is 2.15. The lowest BCUT2D eigenvalue weighted by atomic mass is 10.1. The fourth-order valence-corrected chi connectivity index (χ4v) is 2.72. The van der Waals surface area contributed by atoms with Crippen molar-refractivity contribution in [3.8, 4) is 0 Å². The number of aryl methyl sites for hydroxylation is 1. The molecule has 0 saturated heterocycles. The second-order valence-corrected chi connectivity index (χ2v) is 6.01. The molecule has 0 bridgehead atoms. The number of hydrogen-bond acceptors (Lipinski definition) is 3. The standard InChI is InChI=1S/C19H21N3O2/c1-14-12-22-13-16(8-9-18(22)20-14)19(24)21(2)11-10-17(23)15-6-4-3-5-7-15/h3-9,12-13,17,23H,10-11H2,1-2H3/t17-/m1/s1. The van der Waals surface area contributed by atoms with Crippen LogP contribution in [0.3, 0.4) is 0 Å². The first-order valence-electron chi connectivity index (χ1n) is 7.98. The summed E-state index contributed by atoms with van der Waals surface area (Å²) in [6.45, 7) is 2.40. The number of imidazole rings is 1. The third-order valence-corrected chi connectivity index (χ3v) is 4.09. The number of aliphatic hydroxyl groups is 1. The average Bonchev–Trinajstić information content (AvgIpc) is 2.98. The first kappa shape index (κ1) is 16.2. The molecule has 3 rings (SSSR count). The number of hydrogen-bond donors (Lipinski definition) is 1. The van der Waals surface area contributed by atoms with Gasteiger partial charge in [-0.1, -0.05) is 30.3 Å². The van der Waals surface area contributed by atoms with Gasteiger partial charge in [0.1, 0.15) is 5.65 Å². The number of carbonyl (C=O) groups is 1. The second-order valence-electron chi connectivity index (χ2n) is 6.01. The molecule has 24 heavy (non-hydrogen) atoms. The molecule has 1 N–H and O–H groups in total. The highest BCUT2D eigenvalue weighted by atomic mass is 16.3. The molecule has 124 valence electrons. The average molecular weight is 323 g/mol. The number of amides is 1. The summed E-state index contributed by atoms with van der Waals surface area (Å²) in [7, 11) is 1.75. The van der Waals surface area contributed by atoms with Crippen LogP contribution in [0.25, 0.3) is 5.65 Å². The molecular weight excluding hydrogens is 302 g/mol. The van der Waals surface area contributed by atoms with Gasteiger partial charge in [0.15, 0.2) is 0 Å². The van der Waals surface area contributed by atoms with Gasteiger partial charge in [-0.15, -0.1) is 0 Å². The molecule has 0 aliphatic heterocycles. The predicted octanol–water partition coefficient (Wildman–Crippen LogP) is 2.84. The van der Waals surface area contributed by atoms with Crippen LogP contribution in [0.1, 0.15) is 34.1 Å². The molecule has 3 aromatic rings. The minimum atomic E-state index is -0.569. The van der Waals surface area contributed by atoms with Crippen molar-refractivity contribution in [2.24, 2.45) is 0 Å². The van der Waals surface area contributed by atoms with Gasteiger partial charge in [-0.25, -0.2) is 4.98 Å². The van der Waals surface area contributed by atoms with Gasteiger partial charge in [0.25, 0.3) is 5.91 Å². The van der Waals surface area contributed by atoms with Gasteiger partial charge < -0.3 is 14.4 Å². The summed E-state index contributed by atoms with van der Waals surface area (Å²) < 4.78 is 1.86. The Balaban J connectivity index is 1.65. The Bertz CT molecular complexity index is 842. The van der Waals surface area contributed by atoms with Crippen LogP contribution >= 0.6 is 0 Å². The van der Waals surface area contributed by atoms with Crippen LogP contribution in [-0.2, 0) is 0 Å². The molecule has 0 radical (unpaired) electrons. The van der Waals surface area contributed by atoms with Crippen LogP contribution < -0.4 is 0 Å². The van der Waals surface area contributed by atoms with Gasteiger partial charge in [-0.05, 0) is 31.0 Å². The van der Waals surface area contributed by atoms with Gasteiger partial charge in [0.05, 0.1) is 17.4 Å². The fraction of sp³-hybridized carbons (Fsp3) is 0.263. The summed E-state index contributed by atoms with van der Waals surface area (Å²) in [5, 5.41) is 10.2. The zero-order chi connectivity index (χ0) is 17.1. The van der Waals surface area contributed by atoms with Crippen molar-refractivity contribution in [2.45, 2.75) is 19.4 Å². The lowest BCUT2D eigenvalue weighted by molar-refractivity contribution is 0.0760. The van der Waals surface area contributed by atoms with Crippen molar-refractivity contribution in [1.82, 2.24) is 14.3 Å². The van der Waals surface area contributed by atoms with E-state index in [2.05, 4.69) is 4.98 Å². The highest BCUT2D eigenvalue weighted by molar-refractivity contribution is 5.94. The van der Waals surface area contributed by atoms with Gasteiger partial charge in [-0.3, -0.25) is 4.79 Å². The van der Waals surface area contributed by atoms with Crippen LogP contribution in [-0.4, -0.2) is 38.9 Å². The maximum atomic E-state index is 12.6. The minimum Gasteiger partial charge on any atom is -0.388 e. The molecular formula is C19H21N3O2. The Morgan fingerprint density at radius 1 is 1.21 bits per heavy atom. The Labute approximate surface area is 141 Å². The van der Waals surface area contributed by atoms with Crippen molar-refractivity contribution in [3.63, 3.8) is 0 Å². The SMILES string of the molecule is Cc1cn2cc(C(=O)N(C)CC[C@@H](O)c3ccccc3)ccc2n1. The smallest absolute Gasteiger partial charge is 0.255 e. The van der Waals surface area contributed by atoms with Crippen LogP contribution in [0.4, 0.5) is 0 Å². The van der Waals surface area contributed by atoms with E-state index in [1.165, 1.54) is 0 Å². The monoisotopic (exact) mass is 323 g/mol. The van der Waals surface area contributed by atoms with E-state index < -0.39 is 6.10 Å². The first-order valence-corrected chi connectivity index (χ1v) is 7.98. The first-order chi connectivity index (χ1) is 11.5. The lowest BCUT2D eigenvalue weighted by Crippen LogP contribution is -2.28. The predicted molar refractivity (Wildman–Crippen MR) is 92.9 cm³/mol. The number of carbonyl (C=O) groups excluding carboxylic acids is 1. The quantitative estimate of drug-likeness (QED) is 0.785. The van der Waals surface area contributed by atoms with Crippen molar-refractivity contribution >= 4 is 11.6 Å². The molecule has 5 nitrogen and oxygen atoms in total. The zero-order valence-electron chi connectivity index (χ0n) is 13.9. The number of rotatable bonds is 5. The molecule has 0 unspecified atom stereocenters. The molecule has 0 aliphatic carbocycles. The zero-order valence-corrected chi connectivity index (χ0v) is 13.9. The Morgan fingerprint density at radius 3 is 2.71 bits per heavy atom. The number of nitrogens with zero attached hydrogens (tertiary/aromatic N) is 3. The Morgan fingerprint density at radius 2 is 1.96 bits per heavy atom. The molecule has 0 fully saturated rings. The number of aliphatic hydroxyl groups excluding tert-OH is 1. The van der Waals surface area contributed by atoms with Crippen molar-refractivity contribution in [3.05, 3.63) is 71.7 Å². The molecule has 2 heterocycles. The molecule has 1 aromatic carbocycles. The van der Waals surface area contributed by atoms with E-state index in [-0.39, 0.29) is 5.91 Å². The van der Waals surface area contributed by atoms with Crippen molar-refractivity contribution < 1.29 is 9.90 Å². The topological polar surface area (TPSA) is 57.8 Å². The molecule has 1 amide bonds. The summed E-state index contributed by atoms with van der Waals surface area (Å²) in [5.74, 6) is -0.0662. The van der Waals surface area contributed by atoms with Crippen LogP contribution in [0.2, 0.25) is 0 Å². The molecule has 5 heteroatoms. The van der Waals surface area contributed by atoms with Gasteiger partial charge in [-0.2, -0.15) is 0 Å². The van der Waals surface area contributed by atoms with E-state index in [1.807, 2.05) is 53.9 Å². The van der Waals surface area contributed by atoms with Crippen LogP contribution in [0, 0.1) is 6.92 Å². The van der Waals surface area contributed by atoms with Crippen LogP contribution in [0.15, 0.2) is 54.9 Å². The van der Waals surface area contributed by atoms with E-state index in [0.29, 0.717) is 18.5 Å². The minimum absolute atomic E-state index is 0.0662. The lowest BCUT2D eigenvalue weighted by Gasteiger charge is -2.19. The van der Waals surface area contributed by atoms with E-state index in [0.717, 1.165) is 16.9 Å². The third kappa shape index (κ3) is 3.46. The van der Waals surface area contributed by atoms with Gasteiger partial charge in [0, 0.05) is 26.0 Å². The summed E-state index contributed by atoms with van der Waals surface area (Å²) >= 11 is 0. The van der Waals surface area contributed by atoms with Crippen molar-refractivity contribution in [1.29, 1.82) is 0 Å². The molecule has 1 atom stereocenters. The summed E-state index contributed by atoms with van der Waals surface area (Å²) in [6, 6.07) is 13.1. The molecule has 0 saturated carbocycles. The number of fused-ring (bicyclic) bond motifs is 1. The molecule has 0 spiro atoms. The number of benzene rings is 1. The van der Waals surface area contributed by atoms with E-state index >= 15 is 0 Å². The highest BCUT2D eigenvalue weighted by Crippen LogP contribution is 2.17. The summed E-state index contributed by atoms with van der Waals surface area (Å²) in [5.41, 5.74) is 3.22. The Hall–Kier alpha value is -2.66. The van der Waals surface area contributed by atoms with Gasteiger partial charge in [0.2, 0.25) is 0 Å². The summed E-state index contributed by atoms with van der Waals surface area (Å²) in [4.78, 5) is 18.5. The second kappa shape index (κ2) is 6.84.